The first-order valence-corrected chi connectivity index (χ1v) is 10.0. The van der Waals surface area contributed by atoms with E-state index in [4.69, 9.17) is 4.74 Å². The van der Waals surface area contributed by atoms with E-state index < -0.39 is 10.0 Å². The average molecular weight is 403 g/mol. The molecule has 0 aliphatic carbocycles. The van der Waals surface area contributed by atoms with Gasteiger partial charge in [-0.2, -0.15) is 0 Å². The highest BCUT2D eigenvalue weighted by Gasteiger charge is 2.30. The number of nitrogens with zero attached hydrogens (tertiary/aromatic N) is 3. The van der Waals surface area contributed by atoms with Crippen LogP contribution in [0.5, 0.6) is 5.75 Å². The first-order chi connectivity index (χ1) is 11.8. The number of hydrogen-bond donors (Lipinski definition) is 1. The number of aryl methyl sites for hydroxylation is 1. The summed E-state index contributed by atoms with van der Waals surface area (Å²) in [6.07, 6.45) is 3.55. The fraction of sp³-hybridized carbons (Fsp3) is 0.500. The summed E-state index contributed by atoms with van der Waals surface area (Å²) in [4.78, 5) is 17.2. The lowest BCUT2D eigenvalue weighted by Crippen LogP contribution is -2.38. The van der Waals surface area contributed by atoms with Gasteiger partial charge in [-0.05, 0) is 32.4 Å². The number of halogens is 1. The van der Waals surface area contributed by atoms with E-state index in [9.17, 15) is 13.2 Å². The lowest BCUT2D eigenvalue weighted by Gasteiger charge is -2.15. The summed E-state index contributed by atoms with van der Waals surface area (Å²) in [6, 6.07) is 3.41. The van der Waals surface area contributed by atoms with Crippen LogP contribution in [-0.4, -0.2) is 60.0 Å². The van der Waals surface area contributed by atoms with Gasteiger partial charge in [0.25, 0.3) is 5.91 Å². The molecule has 3 heterocycles. The van der Waals surface area contributed by atoms with Crippen molar-refractivity contribution in [1.82, 2.24) is 19.0 Å². The highest BCUT2D eigenvalue weighted by atomic mass is 35.5. The maximum absolute atomic E-state index is 12.7. The van der Waals surface area contributed by atoms with Crippen molar-refractivity contribution in [3.05, 3.63) is 29.7 Å². The van der Waals surface area contributed by atoms with Crippen molar-refractivity contribution in [2.45, 2.75) is 26.3 Å². The van der Waals surface area contributed by atoms with E-state index in [-0.39, 0.29) is 24.4 Å². The molecule has 0 radical (unpaired) electrons. The van der Waals surface area contributed by atoms with Gasteiger partial charge in [-0.15, -0.1) is 12.4 Å². The Hall–Kier alpha value is -1.84. The lowest BCUT2D eigenvalue weighted by atomic mass is 10.2. The standard InChI is InChI=1S/C16H22N4O4S.ClH/c1-4-24-13-6-5-8-20-14(11(2)17-15(13)20)16(21)18-12-7-9-19(10-12)25(3,22)23;/h5-6,8,12H,4,7,9-10H2,1-3H3,(H,18,21);1H/t12-;/m1./s1. The minimum absolute atomic E-state index is 0. The zero-order chi connectivity index (χ0) is 18.2. The van der Waals surface area contributed by atoms with Gasteiger partial charge in [-0.3, -0.25) is 9.20 Å². The summed E-state index contributed by atoms with van der Waals surface area (Å²) < 4.78 is 31.9. The molecular weight excluding hydrogens is 380 g/mol. The Morgan fingerprint density at radius 1 is 1.46 bits per heavy atom. The third-order valence-corrected chi connectivity index (χ3v) is 5.53. The molecule has 0 saturated carbocycles. The number of nitrogens with one attached hydrogen (secondary N) is 1. The molecule has 1 aliphatic rings. The average Bonchev–Trinajstić information content (AvgIpc) is 3.11. The van der Waals surface area contributed by atoms with Crippen molar-refractivity contribution in [3.63, 3.8) is 0 Å². The first kappa shape index (κ1) is 20.5. The van der Waals surface area contributed by atoms with E-state index in [1.54, 1.807) is 23.6 Å². The Balaban J connectivity index is 0.00000243. The lowest BCUT2D eigenvalue weighted by molar-refractivity contribution is 0.0932. The molecular formula is C16H23ClN4O4S. The molecule has 1 fully saturated rings. The van der Waals surface area contributed by atoms with Crippen LogP contribution in [0.15, 0.2) is 18.3 Å². The Labute approximate surface area is 159 Å². The monoisotopic (exact) mass is 402 g/mol. The normalized spacial score (nSPS) is 17.9. The molecule has 1 atom stereocenters. The second-order valence-electron chi connectivity index (χ2n) is 6.12. The largest absolute Gasteiger partial charge is 0.490 e. The van der Waals surface area contributed by atoms with Gasteiger partial charge >= 0.3 is 0 Å². The summed E-state index contributed by atoms with van der Waals surface area (Å²) in [7, 11) is -3.23. The number of imidazole rings is 1. The number of aromatic nitrogens is 2. The molecule has 144 valence electrons. The van der Waals surface area contributed by atoms with E-state index in [2.05, 4.69) is 10.3 Å². The maximum Gasteiger partial charge on any atom is 0.270 e. The number of hydrogen-bond acceptors (Lipinski definition) is 5. The Morgan fingerprint density at radius 3 is 2.81 bits per heavy atom. The molecule has 0 spiro atoms. The molecule has 0 bridgehead atoms. The second kappa shape index (κ2) is 7.81. The summed E-state index contributed by atoms with van der Waals surface area (Å²) in [6.45, 7) is 4.89. The summed E-state index contributed by atoms with van der Waals surface area (Å²) >= 11 is 0. The molecule has 1 aliphatic heterocycles. The summed E-state index contributed by atoms with van der Waals surface area (Å²) in [5.41, 5.74) is 1.63. The van der Waals surface area contributed by atoms with E-state index in [1.807, 2.05) is 13.0 Å². The zero-order valence-corrected chi connectivity index (χ0v) is 16.6. The van der Waals surface area contributed by atoms with Crippen molar-refractivity contribution in [3.8, 4) is 5.75 Å². The highest BCUT2D eigenvalue weighted by Crippen LogP contribution is 2.22. The fourth-order valence-electron chi connectivity index (χ4n) is 3.10. The molecule has 0 aromatic carbocycles. The Morgan fingerprint density at radius 2 is 2.19 bits per heavy atom. The highest BCUT2D eigenvalue weighted by molar-refractivity contribution is 7.88. The SMILES string of the molecule is CCOc1cccn2c(C(=O)N[C@@H]3CCN(S(C)(=O)=O)C3)c(C)nc12.Cl. The van der Waals surface area contributed by atoms with Crippen molar-refractivity contribution >= 4 is 34.0 Å². The second-order valence-corrected chi connectivity index (χ2v) is 8.11. The third-order valence-electron chi connectivity index (χ3n) is 4.26. The maximum atomic E-state index is 12.7. The van der Waals surface area contributed by atoms with Crippen LogP contribution in [0.4, 0.5) is 0 Å². The minimum Gasteiger partial charge on any atom is -0.490 e. The number of ether oxygens (including phenoxy) is 1. The predicted octanol–water partition coefficient (Wildman–Crippen LogP) is 1.23. The van der Waals surface area contributed by atoms with Crippen LogP contribution in [0.3, 0.4) is 0 Å². The molecule has 0 unspecified atom stereocenters. The van der Waals surface area contributed by atoms with Crippen LogP contribution in [0, 0.1) is 6.92 Å². The summed E-state index contributed by atoms with van der Waals surface area (Å²) in [5, 5.41) is 2.92. The number of rotatable bonds is 5. The molecule has 26 heavy (non-hydrogen) atoms. The van der Waals surface area contributed by atoms with Gasteiger partial charge in [0.1, 0.15) is 5.69 Å². The molecule has 8 nitrogen and oxygen atoms in total. The van der Waals surface area contributed by atoms with Crippen LogP contribution in [-0.2, 0) is 10.0 Å². The molecule has 1 saturated heterocycles. The molecule has 2 aromatic heterocycles. The number of carbonyl (C=O) groups excluding carboxylic acids is 1. The third kappa shape index (κ3) is 3.94. The van der Waals surface area contributed by atoms with E-state index in [1.165, 1.54) is 10.6 Å². The van der Waals surface area contributed by atoms with Gasteiger partial charge in [-0.25, -0.2) is 17.7 Å². The number of fused-ring (bicyclic) bond motifs is 1. The van der Waals surface area contributed by atoms with Crippen molar-refractivity contribution < 1.29 is 17.9 Å². The molecule has 10 heteroatoms. The fourth-order valence-corrected chi connectivity index (χ4v) is 3.99. The van der Waals surface area contributed by atoms with E-state index in [0.717, 1.165) is 0 Å². The van der Waals surface area contributed by atoms with Crippen molar-refractivity contribution in [1.29, 1.82) is 0 Å². The Kier molecular flexibility index (Phi) is 6.15. The first-order valence-electron chi connectivity index (χ1n) is 8.17. The van der Waals surface area contributed by atoms with Gasteiger partial charge in [0.15, 0.2) is 11.4 Å². The van der Waals surface area contributed by atoms with Crippen LogP contribution in [0.1, 0.15) is 29.5 Å². The van der Waals surface area contributed by atoms with Crippen LogP contribution >= 0.6 is 12.4 Å². The predicted molar refractivity (Wildman–Crippen MR) is 101 cm³/mol. The number of amides is 1. The number of pyridine rings is 1. The van der Waals surface area contributed by atoms with Crippen molar-refractivity contribution in [2.24, 2.45) is 0 Å². The van der Waals surface area contributed by atoms with Gasteiger partial charge in [0.05, 0.1) is 18.6 Å². The van der Waals surface area contributed by atoms with Crippen molar-refractivity contribution in [2.75, 3.05) is 26.0 Å². The quantitative estimate of drug-likeness (QED) is 0.811. The van der Waals surface area contributed by atoms with Gasteiger partial charge < -0.3 is 10.1 Å². The molecule has 3 rings (SSSR count). The molecule has 2 aromatic rings. The van der Waals surface area contributed by atoms with Gasteiger partial charge in [0.2, 0.25) is 10.0 Å². The van der Waals surface area contributed by atoms with Gasteiger partial charge in [0, 0.05) is 25.3 Å². The van der Waals surface area contributed by atoms with Crippen LogP contribution in [0.25, 0.3) is 5.65 Å². The van der Waals surface area contributed by atoms with Gasteiger partial charge in [-0.1, -0.05) is 0 Å². The zero-order valence-electron chi connectivity index (χ0n) is 14.9. The minimum atomic E-state index is -3.23. The number of sulfonamides is 1. The Bertz CT molecular complexity index is 912. The van der Waals surface area contributed by atoms with E-state index in [0.29, 0.717) is 48.9 Å². The smallest absolute Gasteiger partial charge is 0.270 e. The summed E-state index contributed by atoms with van der Waals surface area (Å²) in [5.74, 6) is 0.357. The topological polar surface area (TPSA) is 93.0 Å². The molecule has 1 amide bonds. The molecule has 1 N–H and O–H groups in total. The van der Waals surface area contributed by atoms with E-state index >= 15 is 0 Å². The number of carbonyl (C=O) groups is 1. The van der Waals surface area contributed by atoms with Crippen LogP contribution in [0.2, 0.25) is 0 Å². The van der Waals surface area contributed by atoms with Crippen LogP contribution < -0.4 is 10.1 Å².